The molecule has 0 fully saturated rings. The first kappa shape index (κ1) is 18.6. The van der Waals surface area contributed by atoms with Crippen LogP contribution in [0.2, 0.25) is 0 Å². The van der Waals surface area contributed by atoms with Crippen LogP contribution in [0.1, 0.15) is 26.3 Å². The minimum absolute atomic E-state index is 0.0515. The summed E-state index contributed by atoms with van der Waals surface area (Å²) in [6, 6.07) is 0. The maximum Gasteiger partial charge on any atom is 0.412 e. The topological polar surface area (TPSA) is 77.5 Å². The molecule has 0 atom stereocenters. The van der Waals surface area contributed by atoms with Crippen molar-refractivity contribution in [1.82, 2.24) is 10.3 Å². The summed E-state index contributed by atoms with van der Waals surface area (Å²) in [5, 5.41) is 2.39. The molecular formula is C14H16Br2N2O4. The van der Waals surface area contributed by atoms with Gasteiger partial charge in [-0.05, 0) is 58.7 Å². The number of ether oxygens (including phenoxy) is 2. The van der Waals surface area contributed by atoms with Gasteiger partial charge in [0.1, 0.15) is 11.3 Å². The first-order chi connectivity index (χ1) is 10.1. The molecule has 0 aromatic carbocycles. The lowest BCUT2D eigenvalue weighted by Crippen LogP contribution is -2.34. The van der Waals surface area contributed by atoms with Gasteiger partial charge in [-0.15, -0.1) is 0 Å². The molecule has 0 bridgehead atoms. The summed E-state index contributed by atoms with van der Waals surface area (Å²) in [6.45, 7) is 5.18. The number of hydrogen-bond acceptors (Lipinski definition) is 5. The Bertz CT molecular complexity index is 589. The van der Waals surface area contributed by atoms with Crippen LogP contribution in [-0.2, 0) is 14.3 Å². The highest BCUT2D eigenvalue weighted by atomic mass is 79.9. The molecule has 0 unspecified atom stereocenters. The zero-order valence-corrected chi connectivity index (χ0v) is 15.7. The molecule has 0 saturated heterocycles. The number of rotatable bonds is 3. The third-order valence-corrected chi connectivity index (χ3v) is 3.48. The molecule has 1 aromatic rings. The lowest BCUT2D eigenvalue weighted by Gasteiger charge is -2.20. The maximum absolute atomic E-state index is 11.8. The van der Waals surface area contributed by atoms with Crippen LogP contribution in [0.25, 0.3) is 6.08 Å². The van der Waals surface area contributed by atoms with E-state index in [2.05, 4.69) is 46.9 Å². The molecular weight excluding hydrogens is 420 g/mol. The molecule has 0 aliphatic carbocycles. The van der Waals surface area contributed by atoms with Crippen LogP contribution in [0.3, 0.4) is 0 Å². The number of esters is 1. The first-order valence-corrected chi connectivity index (χ1v) is 7.81. The van der Waals surface area contributed by atoms with Crippen LogP contribution in [0.5, 0.6) is 0 Å². The van der Waals surface area contributed by atoms with Crippen LogP contribution in [0, 0.1) is 0 Å². The maximum atomic E-state index is 11.8. The van der Waals surface area contributed by atoms with Gasteiger partial charge in [-0.3, -0.25) is 10.3 Å². The predicted octanol–water partition coefficient (Wildman–Crippen LogP) is 3.65. The van der Waals surface area contributed by atoms with Crippen LogP contribution in [0.15, 0.2) is 27.0 Å². The van der Waals surface area contributed by atoms with E-state index < -0.39 is 17.7 Å². The summed E-state index contributed by atoms with van der Waals surface area (Å²) in [5.74, 6) is -0.693. The molecule has 1 aromatic heterocycles. The van der Waals surface area contributed by atoms with E-state index in [9.17, 15) is 9.59 Å². The first-order valence-electron chi connectivity index (χ1n) is 6.23. The van der Waals surface area contributed by atoms with Gasteiger partial charge < -0.3 is 9.47 Å². The molecule has 8 heteroatoms. The van der Waals surface area contributed by atoms with E-state index in [1.807, 2.05) is 0 Å². The zero-order chi connectivity index (χ0) is 16.9. The second-order valence-electron chi connectivity index (χ2n) is 5.19. The molecule has 1 N–H and O–H groups in total. The standard InChI is InChI=1S/C14H16Br2N2O4/c1-14(2,3)22-13(20)18-11(12(19)21-4)5-8-9(15)6-17-7-10(8)16/h5-7H,1-4H3,(H,18,20)/b11-5-. The van der Waals surface area contributed by atoms with Crippen molar-refractivity contribution in [2.24, 2.45) is 0 Å². The van der Waals surface area contributed by atoms with Crippen molar-refractivity contribution in [3.05, 3.63) is 32.6 Å². The van der Waals surface area contributed by atoms with Crippen molar-refractivity contribution < 1.29 is 19.1 Å². The number of carbonyl (C=O) groups excluding carboxylic acids is 2. The Labute approximate surface area is 145 Å². The third kappa shape index (κ3) is 5.76. The van der Waals surface area contributed by atoms with Gasteiger partial charge in [-0.1, -0.05) is 0 Å². The van der Waals surface area contributed by atoms with E-state index in [1.54, 1.807) is 33.2 Å². The fourth-order valence-corrected chi connectivity index (χ4v) is 2.53. The van der Waals surface area contributed by atoms with Gasteiger partial charge in [-0.2, -0.15) is 0 Å². The molecule has 1 heterocycles. The summed E-state index contributed by atoms with van der Waals surface area (Å²) in [4.78, 5) is 27.6. The Kier molecular flexibility index (Phi) is 6.55. The number of amides is 1. The predicted molar refractivity (Wildman–Crippen MR) is 89.0 cm³/mol. The van der Waals surface area contributed by atoms with Crippen molar-refractivity contribution in [2.75, 3.05) is 7.11 Å². The van der Waals surface area contributed by atoms with E-state index in [4.69, 9.17) is 4.74 Å². The molecule has 1 rings (SSSR count). The van der Waals surface area contributed by atoms with Gasteiger partial charge >= 0.3 is 12.1 Å². The highest BCUT2D eigenvalue weighted by molar-refractivity contribution is 9.11. The Balaban J connectivity index is 3.11. The third-order valence-electron chi connectivity index (χ3n) is 2.22. The zero-order valence-electron chi connectivity index (χ0n) is 12.6. The van der Waals surface area contributed by atoms with E-state index in [0.29, 0.717) is 14.5 Å². The van der Waals surface area contributed by atoms with Crippen molar-refractivity contribution >= 4 is 50.0 Å². The normalized spacial score (nSPS) is 11.8. The lowest BCUT2D eigenvalue weighted by molar-refractivity contribution is -0.136. The van der Waals surface area contributed by atoms with Gasteiger partial charge in [0.2, 0.25) is 0 Å². The number of halogens is 2. The monoisotopic (exact) mass is 434 g/mol. The molecule has 1 amide bonds. The van der Waals surface area contributed by atoms with Crippen molar-refractivity contribution in [3.8, 4) is 0 Å². The molecule has 0 spiro atoms. The molecule has 0 saturated carbocycles. The van der Waals surface area contributed by atoms with Crippen molar-refractivity contribution in [1.29, 1.82) is 0 Å². The quantitative estimate of drug-likeness (QED) is 0.579. The van der Waals surface area contributed by atoms with Crippen molar-refractivity contribution in [3.63, 3.8) is 0 Å². The van der Waals surface area contributed by atoms with Gasteiger partial charge in [0.05, 0.1) is 7.11 Å². The molecule has 120 valence electrons. The molecule has 0 aliphatic rings. The van der Waals surface area contributed by atoms with Crippen LogP contribution in [0.4, 0.5) is 4.79 Å². The smallest absolute Gasteiger partial charge is 0.412 e. The lowest BCUT2D eigenvalue weighted by atomic mass is 10.2. The average molecular weight is 436 g/mol. The molecule has 22 heavy (non-hydrogen) atoms. The molecule has 0 aliphatic heterocycles. The Morgan fingerprint density at radius 1 is 1.23 bits per heavy atom. The minimum Gasteiger partial charge on any atom is -0.464 e. The number of methoxy groups -OCH3 is 1. The Hall–Kier alpha value is -1.41. The Morgan fingerprint density at radius 2 is 1.77 bits per heavy atom. The second-order valence-corrected chi connectivity index (χ2v) is 6.90. The number of pyridine rings is 1. The number of hydrogen-bond donors (Lipinski definition) is 1. The fourth-order valence-electron chi connectivity index (χ4n) is 1.37. The summed E-state index contributed by atoms with van der Waals surface area (Å²) < 4.78 is 11.1. The van der Waals surface area contributed by atoms with E-state index >= 15 is 0 Å². The minimum atomic E-state index is -0.745. The van der Waals surface area contributed by atoms with Crippen LogP contribution in [-0.4, -0.2) is 29.8 Å². The van der Waals surface area contributed by atoms with Gasteiger partial charge in [0.15, 0.2) is 0 Å². The summed E-state index contributed by atoms with van der Waals surface area (Å²) in [6.07, 6.45) is 3.86. The number of nitrogens with zero attached hydrogens (tertiary/aromatic N) is 1. The highest BCUT2D eigenvalue weighted by Crippen LogP contribution is 2.26. The van der Waals surface area contributed by atoms with Crippen molar-refractivity contribution in [2.45, 2.75) is 26.4 Å². The Morgan fingerprint density at radius 3 is 2.23 bits per heavy atom. The fraction of sp³-hybridized carbons (Fsp3) is 0.357. The largest absolute Gasteiger partial charge is 0.464 e. The van der Waals surface area contributed by atoms with E-state index in [0.717, 1.165) is 0 Å². The molecule has 6 nitrogen and oxygen atoms in total. The number of carbonyl (C=O) groups is 2. The average Bonchev–Trinajstić information content (AvgIpc) is 2.38. The summed E-state index contributed by atoms with van der Waals surface area (Å²) >= 11 is 6.66. The highest BCUT2D eigenvalue weighted by Gasteiger charge is 2.20. The number of aromatic nitrogens is 1. The summed E-state index contributed by atoms with van der Waals surface area (Å²) in [5.41, 5.74) is -0.0980. The van der Waals surface area contributed by atoms with Gasteiger partial charge in [0.25, 0.3) is 0 Å². The van der Waals surface area contributed by atoms with Crippen LogP contribution < -0.4 is 5.32 Å². The van der Waals surface area contributed by atoms with E-state index in [1.165, 1.54) is 13.2 Å². The van der Waals surface area contributed by atoms with Gasteiger partial charge in [0, 0.05) is 26.9 Å². The van der Waals surface area contributed by atoms with Gasteiger partial charge in [-0.25, -0.2) is 9.59 Å². The van der Waals surface area contributed by atoms with E-state index in [-0.39, 0.29) is 5.70 Å². The summed E-state index contributed by atoms with van der Waals surface area (Å²) in [7, 11) is 1.23. The SMILES string of the molecule is COC(=O)/C(=C/c1c(Br)cncc1Br)NC(=O)OC(C)(C)C. The second kappa shape index (κ2) is 7.73. The molecule has 0 radical (unpaired) electrons. The van der Waals surface area contributed by atoms with Crippen LogP contribution >= 0.6 is 31.9 Å². The number of alkyl carbamates (subject to hydrolysis) is 1. The number of nitrogens with one attached hydrogen (secondary N) is 1.